The number of carbonyl (C=O) groups is 1. The van der Waals surface area contributed by atoms with Gasteiger partial charge in [0.25, 0.3) is 0 Å². The first-order chi connectivity index (χ1) is 11.0. The average molecular weight is 323 g/mol. The molecule has 3 rings (SSSR count). The van der Waals surface area contributed by atoms with Crippen LogP contribution in [-0.2, 0) is 0 Å². The summed E-state index contributed by atoms with van der Waals surface area (Å²) in [6.45, 7) is 1.75. The van der Waals surface area contributed by atoms with E-state index in [4.69, 9.17) is 17.3 Å². The second kappa shape index (κ2) is 5.67. The zero-order valence-corrected chi connectivity index (χ0v) is 12.9. The maximum Gasteiger partial charge on any atom is 0.249 e. The standard InChI is InChI=1S/C17H11ClN4O/c1-9-13(17(20)23)7-14(18)22-15(9)11-5-10-3-2-4-21-16(10)12(6-11)8-19/h2-7H,1H3,(H2,20,23). The van der Waals surface area contributed by atoms with Gasteiger partial charge in [-0.25, -0.2) is 4.98 Å². The maximum atomic E-state index is 11.6. The molecule has 0 aliphatic heterocycles. The monoisotopic (exact) mass is 322 g/mol. The van der Waals surface area contributed by atoms with Crippen molar-refractivity contribution in [3.8, 4) is 17.3 Å². The predicted octanol–water partition coefficient (Wildman–Crippen LogP) is 3.23. The summed E-state index contributed by atoms with van der Waals surface area (Å²) in [5.41, 5.74) is 8.57. The van der Waals surface area contributed by atoms with E-state index in [2.05, 4.69) is 16.0 Å². The van der Waals surface area contributed by atoms with Gasteiger partial charge in [0.15, 0.2) is 0 Å². The first-order valence-electron chi connectivity index (χ1n) is 6.77. The van der Waals surface area contributed by atoms with Crippen LogP contribution in [0.25, 0.3) is 22.2 Å². The molecule has 2 heterocycles. The highest BCUT2D eigenvalue weighted by atomic mass is 35.5. The fraction of sp³-hybridized carbons (Fsp3) is 0.0588. The maximum absolute atomic E-state index is 11.6. The van der Waals surface area contributed by atoms with E-state index in [1.54, 1.807) is 25.3 Å². The van der Waals surface area contributed by atoms with Crippen LogP contribution in [0.5, 0.6) is 0 Å². The number of rotatable bonds is 2. The molecule has 0 spiro atoms. The van der Waals surface area contributed by atoms with Crippen molar-refractivity contribution in [2.45, 2.75) is 6.92 Å². The van der Waals surface area contributed by atoms with Gasteiger partial charge in [-0.15, -0.1) is 0 Å². The summed E-state index contributed by atoms with van der Waals surface area (Å²) in [5, 5.41) is 10.3. The Hall–Kier alpha value is -2.97. The van der Waals surface area contributed by atoms with E-state index in [1.807, 2.05) is 12.1 Å². The van der Waals surface area contributed by atoms with Crippen molar-refractivity contribution in [1.82, 2.24) is 9.97 Å². The minimum Gasteiger partial charge on any atom is -0.366 e. The van der Waals surface area contributed by atoms with E-state index >= 15 is 0 Å². The quantitative estimate of drug-likeness (QED) is 0.733. The van der Waals surface area contributed by atoms with Crippen LogP contribution in [0.2, 0.25) is 5.15 Å². The molecule has 112 valence electrons. The SMILES string of the molecule is Cc1c(C(N)=O)cc(Cl)nc1-c1cc(C#N)c2ncccc2c1. The molecule has 3 aromatic rings. The van der Waals surface area contributed by atoms with Gasteiger partial charge in [0.1, 0.15) is 11.2 Å². The van der Waals surface area contributed by atoms with E-state index in [-0.39, 0.29) is 5.15 Å². The molecule has 5 nitrogen and oxygen atoms in total. The third kappa shape index (κ3) is 2.60. The zero-order valence-electron chi connectivity index (χ0n) is 12.2. The van der Waals surface area contributed by atoms with E-state index in [0.29, 0.717) is 33.5 Å². The number of nitriles is 1. The lowest BCUT2D eigenvalue weighted by Crippen LogP contribution is -2.14. The van der Waals surface area contributed by atoms with Gasteiger partial charge in [-0.3, -0.25) is 9.78 Å². The fourth-order valence-corrected chi connectivity index (χ4v) is 2.72. The third-order valence-corrected chi connectivity index (χ3v) is 3.80. The van der Waals surface area contributed by atoms with E-state index in [9.17, 15) is 10.1 Å². The molecular weight excluding hydrogens is 312 g/mol. The normalized spacial score (nSPS) is 10.5. The van der Waals surface area contributed by atoms with Crippen LogP contribution in [0.4, 0.5) is 0 Å². The van der Waals surface area contributed by atoms with Gasteiger partial charge in [-0.1, -0.05) is 17.7 Å². The van der Waals surface area contributed by atoms with Crippen LogP contribution in [0.15, 0.2) is 36.5 Å². The molecular formula is C17H11ClN4O. The molecule has 0 bridgehead atoms. The lowest BCUT2D eigenvalue weighted by atomic mass is 9.98. The number of halogens is 1. The fourth-order valence-electron chi connectivity index (χ4n) is 2.53. The summed E-state index contributed by atoms with van der Waals surface area (Å²) >= 11 is 6.01. The van der Waals surface area contributed by atoms with Crippen molar-refractivity contribution < 1.29 is 4.79 Å². The zero-order chi connectivity index (χ0) is 16.6. The highest BCUT2D eigenvalue weighted by Gasteiger charge is 2.15. The smallest absolute Gasteiger partial charge is 0.249 e. The molecule has 6 heteroatoms. The van der Waals surface area contributed by atoms with E-state index < -0.39 is 5.91 Å². The largest absolute Gasteiger partial charge is 0.366 e. The molecule has 2 aromatic heterocycles. The number of fused-ring (bicyclic) bond motifs is 1. The predicted molar refractivity (Wildman–Crippen MR) is 88.0 cm³/mol. The number of primary amides is 1. The van der Waals surface area contributed by atoms with E-state index in [1.165, 1.54) is 6.07 Å². The lowest BCUT2D eigenvalue weighted by Gasteiger charge is -2.11. The summed E-state index contributed by atoms with van der Waals surface area (Å²) in [4.78, 5) is 20.1. The number of nitrogens with two attached hydrogens (primary N) is 1. The lowest BCUT2D eigenvalue weighted by molar-refractivity contribution is 0.0999. The molecule has 0 aliphatic carbocycles. The number of carbonyl (C=O) groups excluding carboxylic acids is 1. The second-order valence-electron chi connectivity index (χ2n) is 5.04. The number of benzene rings is 1. The molecule has 23 heavy (non-hydrogen) atoms. The third-order valence-electron chi connectivity index (χ3n) is 3.61. The topological polar surface area (TPSA) is 92.7 Å². The second-order valence-corrected chi connectivity index (χ2v) is 5.43. The minimum atomic E-state index is -0.573. The Kier molecular flexibility index (Phi) is 3.68. The number of hydrogen-bond donors (Lipinski definition) is 1. The highest BCUT2D eigenvalue weighted by molar-refractivity contribution is 6.30. The van der Waals surface area contributed by atoms with Gasteiger partial charge in [0.2, 0.25) is 5.91 Å². The van der Waals surface area contributed by atoms with Crippen molar-refractivity contribution >= 4 is 28.4 Å². The van der Waals surface area contributed by atoms with Crippen LogP contribution in [0.3, 0.4) is 0 Å². The van der Waals surface area contributed by atoms with Crippen LogP contribution >= 0.6 is 11.6 Å². The molecule has 1 amide bonds. The van der Waals surface area contributed by atoms with Crippen molar-refractivity contribution in [3.05, 3.63) is 58.4 Å². The van der Waals surface area contributed by atoms with Crippen LogP contribution in [-0.4, -0.2) is 15.9 Å². The van der Waals surface area contributed by atoms with Crippen LogP contribution in [0.1, 0.15) is 21.5 Å². The van der Waals surface area contributed by atoms with Crippen LogP contribution in [0, 0.1) is 18.3 Å². The number of amides is 1. The summed E-state index contributed by atoms with van der Waals surface area (Å²) in [6, 6.07) is 10.8. The Morgan fingerprint density at radius 3 is 2.83 bits per heavy atom. The number of aromatic nitrogens is 2. The number of hydrogen-bond acceptors (Lipinski definition) is 4. The molecule has 0 atom stereocenters. The molecule has 0 fully saturated rings. The summed E-state index contributed by atoms with van der Waals surface area (Å²) < 4.78 is 0. The number of nitrogens with zero attached hydrogens (tertiary/aromatic N) is 3. The Bertz CT molecular complexity index is 992. The van der Waals surface area contributed by atoms with Gasteiger partial charge in [0, 0.05) is 22.7 Å². The van der Waals surface area contributed by atoms with Gasteiger partial charge < -0.3 is 5.73 Å². The molecule has 1 aromatic carbocycles. The molecule has 0 saturated heterocycles. The van der Waals surface area contributed by atoms with Crippen molar-refractivity contribution in [2.75, 3.05) is 0 Å². The molecule has 0 unspecified atom stereocenters. The first-order valence-corrected chi connectivity index (χ1v) is 7.15. The summed E-state index contributed by atoms with van der Waals surface area (Å²) in [5.74, 6) is -0.573. The van der Waals surface area contributed by atoms with Gasteiger partial charge in [0.05, 0.1) is 16.8 Å². The Labute approximate surface area is 137 Å². The molecule has 0 saturated carbocycles. The Morgan fingerprint density at radius 2 is 2.13 bits per heavy atom. The number of pyridine rings is 2. The average Bonchev–Trinajstić information content (AvgIpc) is 2.55. The van der Waals surface area contributed by atoms with E-state index in [0.717, 1.165) is 5.39 Å². The van der Waals surface area contributed by atoms with Gasteiger partial charge >= 0.3 is 0 Å². The molecule has 2 N–H and O–H groups in total. The van der Waals surface area contributed by atoms with Gasteiger partial charge in [-0.05, 0) is 36.8 Å². The summed E-state index contributed by atoms with van der Waals surface area (Å²) in [6.07, 6.45) is 1.64. The van der Waals surface area contributed by atoms with Crippen molar-refractivity contribution in [2.24, 2.45) is 5.73 Å². The summed E-state index contributed by atoms with van der Waals surface area (Å²) in [7, 11) is 0. The minimum absolute atomic E-state index is 0.171. The molecule has 0 radical (unpaired) electrons. The first kappa shape index (κ1) is 14.9. The van der Waals surface area contributed by atoms with Crippen molar-refractivity contribution in [1.29, 1.82) is 5.26 Å². The Morgan fingerprint density at radius 1 is 1.35 bits per heavy atom. The molecule has 0 aliphatic rings. The van der Waals surface area contributed by atoms with Crippen molar-refractivity contribution in [3.63, 3.8) is 0 Å². The highest BCUT2D eigenvalue weighted by Crippen LogP contribution is 2.30. The van der Waals surface area contributed by atoms with Crippen LogP contribution < -0.4 is 5.73 Å². The Balaban J connectivity index is 2.34. The van der Waals surface area contributed by atoms with Gasteiger partial charge in [-0.2, -0.15) is 5.26 Å².